The molecule has 0 unspecified atom stereocenters. The minimum absolute atomic E-state index is 0.299. The van der Waals surface area contributed by atoms with Crippen molar-refractivity contribution in [2.45, 2.75) is 12.5 Å². The van der Waals surface area contributed by atoms with Gasteiger partial charge in [0.2, 0.25) is 0 Å². The molecule has 0 aliphatic heterocycles. The first-order valence-corrected chi connectivity index (χ1v) is 5.92. The fourth-order valence-corrected chi connectivity index (χ4v) is 1.65. The van der Waals surface area contributed by atoms with Gasteiger partial charge in [-0.05, 0) is 42.8 Å². The maximum Gasteiger partial charge on any atom is 0.251 e. The lowest BCUT2D eigenvalue weighted by Crippen LogP contribution is -2.25. The van der Waals surface area contributed by atoms with Crippen LogP contribution < -0.4 is 5.32 Å². The van der Waals surface area contributed by atoms with Gasteiger partial charge >= 0.3 is 0 Å². The highest BCUT2D eigenvalue weighted by molar-refractivity contribution is 5.94. The number of amides is 1. The van der Waals surface area contributed by atoms with E-state index < -0.39 is 6.10 Å². The molecule has 4 nitrogen and oxygen atoms in total. The van der Waals surface area contributed by atoms with Crippen molar-refractivity contribution in [1.29, 1.82) is 0 Å². The summed E-state index contributed by atoms with van der Waals surface area (Å²) in [5.74, 6) is -0.215. The van der Waals surface area contributed by atoms with E-state index in [4.69, 9.17) is 4.42 Å². The molecule has 100 valence electrons. The van der Waals surface area contributed by atoms with Gasteiger partial charge in [-0.1, -0.05) is 0 Å². The van der Waals surface area contributed by atoms with Gasteiger partial charge in [0.05, 0.1) is 6.26 Å². The normalized spacial score (nSPS) is 12.1. The van der Waals surface area contributed by atoms with Crippen molar-refractivity contribution in [2.75, 3.05) is 6.54 Å². The van der Waals surface area contributed by atoms with Gasteiger partial charge in [0.25, 0.3) is 5.91 Å². The van der Waals surface area contributed by atoms with E-state index in [1.165, 1.54) is 30.5 Å². The van der Waals surface area contributed by atoms with Crippen molar-refractivity contribution < 1.29 is 18.7 Å². The molecule has 2 N–H and O–H groups in total. The average Bonchev–Trinajstić information content (AvgIpc) is 2.93. The molecule has 2 rings (SSSR count). The lowest BCUT2D eigenvalue weighted by atomic mass is 10.2. The molecule has 0 spiro atoms. The molecular weight excluding hydrogens is 249 g/mol. The van der Waals surface area contributed by atoms with Gasteiger partial charge in [-0.2, -0.15) is 0 Å². The van der Waals surface area contributed by atoms with Crippen LogP contribution in [0.5, 0.6) is 0 Å². The van der Waals surface area contributed by atoms with Gasteiger partial charge in [-0.15, -0.1) is 0 Å². The van der Waals surface area contributed by atoms with Crippen LogP contribution >= 0.6 is 0 Å². The summed E-state index contributed by atoms with van der Waals surface area (Å²) in [7, 11) is 0. The average molecular weight is 263 g/mol. The Bertz CT molecular complexity index is 522. The molecule has 0 bridgehead atoms. The fourth-order valence-electron chi connectivity index (χ4n) is 1.65. The smallest absolute Gasteiger partial charge is 0.251 e. The van der Waals surface area contributed by atoms with Crippen LogP contribution in [0.1, 0.15) is 28.6 Å². The third kappa shape index (κ3) is 3.66. The van der Waals surface area contributed by atoms with Crippen molar-refractivity contribution in [2.24, 2.45) is 0 Å². The number of aliphatic hydroxyl groups excluding tert-OH is 1. The Morgan fingerprint density at radius 3 is 2.68 bits per heavy atom. The van der Waals surface area contributed by atoms with Crippen LogP contribution in [0, 0.1) is 5.82 Å². The molecule has 1 aromatic heterocycles. The van der Waals surface area contributed by atoms with Gasteiger partial charge in [-0.3, -0.25) is 4.79 Å². The molecule has 0 saturated carbocycles. The monoisotopic (exact) mass is 263 g/mol. The van der Waals surface area contributed by atoms with Gasteiger partial charge in [0.1, 0.15) is 17.7 Å². The molecule has 0 fully saturated rings. The number of hydrogen-bond acceptors (Lipinski definition) is 3. The zero-order chi connectivity index (χ0) is 13.7. The third-order valence-electron chi connectivity index (χ3n) is 2.68. The Balaban J connectivity index is 1.79. The maximum atomic E-state index is 12.7. The number of rotatable bonds is 5. The second-order valence-corrected chi connectivity index (χ2v) is 4.08. The molecule has 5 heteroatoms. The summed E-state index contributed by atoms with van der Waals surface area (Å²) in [5, 5.41) is 12.4. The van der Waals surface area contributed by atoms with Crippen molar-refractivity contribution >= 4 is 5.91 Å². The van der Waals surface area contributed by atoms with Crippen molar-refractivity contribution in [3.8, 4) is 0 Å². The van der Waals surface area contributed by atoms with E-state index >= 15 is 0 Å². The number of carbonyl (C=O) groups excluding carboxylic acids is 1. The lowest BCUT2D eigenvalue weighted by molar-refractivity contribution is 0.0936. The zero-order valence-electron chi connectivity index (χ0n) is 10.2. The number of furan rings is 1. The molecule has 1 amide bonds. The molecule has 0 aliphatic carbocycles. The number of aliphatic hydroxyl groups is 1. The SMILES string of the molecule is O=C(NCC[C@H](O)c1ccco1)c1ccc(F)cc1. The topological polar surface area (TPSA) is 62.5 Å². The highest BCUT2D eigenvalue weighted by Crippen LogP contribution is 2.15. The Morgan fingerprint density at radius 1 is 1.32 bits per heavy atom. The highest BCUT2D eigenvalue weighted by Gasteiger charge is 2.11. The Morgan fingerprint density at radius 2 is 2.05 bits per heavy atom. The molecule has 0 radical (unpaired) electrons. The number of benzene rings is 1. The van der Waals surface area contributed by atoms with Crippen molar-refractivity contribution in [3.05, 3.63) is 59.8 Å². The number of halogens is 1. The molecule has 19 heavy (non-hydrogen) atoms. The van der Waals surface area contributed by atoms with Crippen LogP contribution in [-0.2, 0) is 0 Å². The highest BCUT2D eigenvalue weighted by atomic mass is 19.1. The Kier molecular flexibility index (Phi) is 4.30. The largest absolute Gasteiger partial charge is 0.467 e. The summed E-state index contributed by atoms with van der Waals surface area (Å²) in [6.45, 7) is 0.304. The molecule has 0 aliphatic rings. The molecule has 1 atom stereocenters. The fraction of sp³-hybridized carbons (Fsp3) is 0.214. The molecule has 1 heterocycles. The maximum absolute atomic E-state index is 12.7. The van der Waals surface area contributed by atoms with E-state index in [0.717, 1.165) is 0 Å². The van der Waals surface area contributed by atoms with Crippen LogP contribution in [0.4, 0.5) is 4.39 Å². The van der Waals surface area contributed by atoms with E-state index in [0.29, 0.717) is 24.3 Å². The molecule has 2 aromatic rings. The summed E-state index contributed by atoms with van der Waals surface area (Å²) in [4.78, 5) is 11.7. The third-order valence-corrected chi connectivity index (χ3v) is 2.68. The predicted molar refractivity (Wildman–Crippen MR) is 67.0 cm³/mol. The Labute approximate surface area is 109 Å². The van der Waals surface area contributed by atoms with Crippen molar-refractivity contribution in [1.82, 2.24) is 5.32 Å². The zero-order valence-corrected chi connectivity index (χ0v) is 10.2. The first-order valence-electron chi connectivity index (χ1n) is 5.92. The quantitative estimate of drug-likeness (QED) is 0.869. The summed E-state index contributed by atoms with van der Waals surface area (Å²) in [6.07, 6.45) is 1.08. The van der Waals surface area contributed by atoms with Gasteiger partial charge in [-0.25, -0.2) is 4.39 Å². The van der Waals surface area contributed by atoms with Gasteiger partial charge in [0, 0.05) is 12.1 Å². The van der Waals surface area contributed by atoms with Crippen molar-refractivity contribution in [3.63, 3.8) is 0 Å². The second-order valence-electron chi connectivity index (χ2n) is 4.08. The van der Waals surface area contributed by atoms with Gasteiger partial charge < -0.3 is 14.8 Å². The van der Waals surface area contributed by atoms with E-state index in [1.54, 1.807) is 12.1 Å². The first kappa shape index (κ1) is 13.3. The standard InChI is InChI=1S/C14H14FNO3/c15-11-5-3-10(4-6-11)14(18)16-8-7-12(17)13-2-1-9-19-13/h1-6,9,12,17H,7-8H2,(H,16,18)/t12-/m0/s1. The molecule has 1 aromatic carbocycles. The van der Waals surface area contributed by atoms with Crippen LogP contribution in [0.3, 0.4) is 0 Å². The predicted octanol–water partition coefficient (Wildman–Crippen LogP) is 2.27. The van der Waals surface area contributed by atoms with Crippen LogP contribution in [-0.4, -0.2) is 17.6 Å². The molecule has 0 saturated heterocycles. The van der Waals surface area contributed by atoms with Gasteiger partial charge in [0.15, 0.2) is 0 Å². The minimum atomic E-state index is -0.747. The second kappa shape index (κ2) is 6.15. The van der Waals surface area contributed by atoms with E-state index in [2.05, 4.69) is 5.32 Å². The minimum Gasteiger partial charge on any atom is -0.467 e. The number of nitrogens with one attached hydrogen (secondary N) is 1. The summed E-state index contributed by atoms with van der Waals surface area (Å²) in [5.41, 5.74) is 0.383. The van der Waals surface area contributed by atoms with E-state index in [-0.39, 0.29) is 11.7 Å². The van der Waals surface area contributed by atoms with E-state index in [9.17, 15) is 14.3 Å². The van der Waals surface area contributed by atoms with Crippen LogP contribution in [0.2, 0.25) is 0 Å². The van der Waals surface area contributed by atoms with Crippen LogP contribution in [0.25, 0.3) is 0 Å². The summed E-state index contributed by atoms with van der Waals surface area (Å²) < 4.78 is 17.7. The molecular formula is C14H14FNO3. The lowest BCUT2D eigenvalue weighted by Gasteiger charge is -2.09. The summed E-state index contributed by atoms with van der Waals surface area (Å²) >= 11 is 0. The Hall–Kier alpha value is -2.14. The van der Waals surface area contributed by atoms with E-state index in [1.807, 2.05) is 0 Å². The first-order chi connectivity index (χ1) is 9.16. The number of carbonyl (C=O) groups is 1. The summed E-state index contributed by atoms with van der Waals surface area (Å²) in [6, 6.07) is 8.64. The number of hydrogen-bond donors (Lipinski definition) is 2. The van der Waals surface area contributed by atoms with Crippen LogP contribution in [0.15, 0.2) is 47.1 Å².